The van der Waals surface area contributed by atoms with E-state index in [1.807, 2.05) is 30.6 Å². The number of nitrogens with one attached hydrogen (secondary N) is 1. The van der Waals surface area contributed by atoms with Crippen LogP contribution in [0.2, 0.25) is 0 Å². The molecule has 1 aromatic heterocycles. The summed E-state index contributed by atoms with van der Waals surface area (Å²) in [7, 11) is 2.02. The maximum atomic E-state index is 5.57. The monoisotopic (exact) mass is 313 g/mol. The van der Waals surface area contributed by atoms with Gasteiger partial charge in [-0.1, -0.05) is 25.4 Å². The Kier molecular flexibility index (Phi) is 4.62. The maximum absolute atomic E-state index is 5.57. The van der Waals surface area contributed by atoms with Crippen LogP contribution < -0.4 is 5.32 Å². The Hall–Kier alpha value is -0.200. The normalized spacial score (nSPS) is 38.2. The van der Waals surface area contributed by atoms with Gasteiger partial charge in [-0.3, -0.25) is 0 Å². The third kappa shape index (κ3) is 2.88. The Labute approximate surface area is 129 Å². The third-order valence-electron chi connectivity index (χ3n) is 4.50. The number of hydrogen-bond donors (Lipinski definition) is 1. The molecule has 0 bridgehead atoms. The second-order valence-electron chi connectivity index (χ2n) is 5.79. The van der Waals surface area contributed by atoms with Gasteiger partial charge in [0.25, 0.3) is 0 Å². The summed E-state index contributed by atoms with van der Waals surface area (Å²) < 4.78 is 5.57. The van der Waals surface area contributed by atoms with Crippen molar-refractivity contribution in [2.45, 2.75) is 60.8 Å². The largest absolute Gasteiger partial charge is 0.339 e. The van der Waals surface area contributed by atoms with Gasteiger partial charge in [-0.15, -0.1) is 11.8 Å². The molecule has 5 unspecified atom stereocenters. The van der Waals surface area contributed by atoms with Gasteiger partial charge in [0, 0.05) is 22.3 Å². The molecule has 3 rings (SSSR count). The van der Waals surface area contributed by atoms with Crippen molar-refractivity contribution in [3.8, 4) is 0 Å². The van der Waals surface area contributed by atoms with Crippen LogP contribution in [0.4, 0.5) is 0 Å². The van der Waals surface area contributed by atoms with E-state index in [1.54, 1.807) is 0 Å². The molecule has 20 heavy (non-hydrogen) atoms. The summed E-state index contributed by atoms with van der Waals surface area (Å²) in [5.41, 5.74) is 0. The van der Waals surface area contributed by atoms with Crippen LogP contribution in [0.1, 0.15) is 56.0 Å². The predicted octanol–water partition coefficient (Wildman–Crippen LogP) is 3.22. The minimum absolute atomic E-state index is 0.387. The minimum Gasteiger partial charge on any atom is -0.339 e. The Balaban J connectivity index is 1.70. The van der Waals surface area contributed by atoms with Crippen molar-refractivity contribution in [3.63, 3.8) is 0 Å². The quantitative estimate of drug-likeness (QED) is 0.924. The zero-order valence-corrected chi connectivity index (χ0v) is 14.0. The van der Waals surface area contributed by atoms with Gasteiger partial charge in [-0.25, -0.2) is 0 Å². The van der Waals surface area contributed by atoms with Crippen molar-refractivity contribution in [1.29, 1.82) is 0 Å². The van der Waals surface area contributed by atoms with E-state index in [9.17, 15) is 0 Å². The minimum atomic E-state index is 0.387. The molecule has 1 saturated heterocycles. The zero-order chi connectivity index (χ0) is 14.1. The van der Waals surface area contributed by atoms with Crippen LogP contribution in [-0.2, 0) is 0 Å². The molecule has 1 aliphatic heterocycles. The van der Waals surface area contributed by atoms with Gasteiger partial charge in [0.05, 0.1) is 11.2 Å². The van der Waals surface area contributed by atoms with E-state index in [2.05, 4.69) is 24.3 Å². The predicted molar refractivity (Wildman–Crippen MR) is 85.5 cm³/mol. The number of likely N-dealkylation sites (N-methyl/N-ethyl adjacent to an activating group) is 1. The SMILES string of the molecule is CNC1CCCC1c1nc(C2CSC(C)C(C)S2)no1. The first-order valence-corrected chi connectivity index (χ1v) is 9.46. The van der Waals surface area contributed by atoms with Gasteiger partial charge >= 0.3 is 0 Å². The summed E-state index contributed by atoms with van der Waals surface area (Å²) in [5, 5.41) is 9.39. The van der Waals surface area contributed by atoms with E-state index in [1.165, 1.54) is 12.8 Å². The second kappa shape index (κ2) is 6.28. The highest BCUT2D eigenvalue weighted by Gasteiger charge is 2.34. The van der Waals surface area contributed by atoms with Crippen molar-refractivity contribution in [2.75, 3.05) is 12.8 Å². The molecular weight excluding hydrogens is 290 g/mol. The van der Waals surface area contributed by atoms with E-state index < -0.39 is 0 Å². The molecular formula is C14H23N3OS2. The molecule has 1 N–H and O–H groups in total. The van der Waals surface area contributed by atoms with Gasteiger partial charge in [0.15, 0.2) is 5.82 Å². The van der Waals surface area contributed by atoms with Crippen LogP contribution in [0.15, 0.2) is 4.52 Å². The topological polar surface area (TPSA) is 51.0 Å². The highest BCUT2D eigenvalue weighted by Crippen LogP contribution is 2.44. The molecule has 0 radical (unpaired) electrons. The molecule has 0 spiro atoms. The highest BCUT2D eigenvalue weighted by atomic mass is 32.2. The Bertz CT molecular complexity index is 453. The van der Waals surface area contributed by atoms with Crippen LogP contribution in [-0.4, -0.2) is 39.5 Å². The first-order valence-electron chi connectivity index (χ1n) is 7.47. The molecule has 0 aromatic carbocycles. The van der Waals surface area contributed by atoms with Gasteiger partial charge in [-0.05, 0) is 19.9 Å². The molecule has 1 saturated carbocycles. The molecule has 5 atom stereocenters. The molecule has 6 heteroatoms. The molecule has 112 valence electrons. The summed E-state index contributed by atoms with van der Waals surface area (Å²) >= 11 is 4.01. The first kappa shape index (κ1) is 14.7. The van der Waals surface area contributed by atoms with E-state index in [-0.39, 0.29) is 0 Å². The lowest BCUT2D eigenvalue weighted by Gasteiger charge is -2.29. The van der Waals surface area contributed by atoms with Crippen molar-refractivity contribution in [1.82, 2.24) is 15.5 Å². The number of thioether (sulfide) groups is 2. The molecule has 0 amide bonds. The van der Waals surface area contributed by atoms with E-state index in [4.69, 9.17) is 9.51 Å². The summed E-state index contributed by atoms with van der Waals surface area (Å²) in [6, 6.07) is 0.496. The Morgan fingerprint density at radius 2 is 2.10 bits per heavy atom. The average molecular weight is 313 g/mol. The highest BCUT2D eigenvalue weighted by molar-refractivity contribution is 8.07. The Morgan fingerprint density at radius 3 is 2.85 bits per heavy atom. The molecule has 2 heterocycles. The van der Waals surface area contributed by atoms with Crippen LogP contribution in [0, 0.1) is 0 Å². The first-order chi connectivity index (χ1) is 9.69. The molecule has 2 aliphatic rings. The van der Waals surface area contributed by atoms with Crippen LogP contribution >= 0.6 is 23.5 Å². The van der Waals surface area contributed by atoms with Gasteiger partial charge < -0.3 is 9.84 Å². The smallest absolute Gasteiger partial charge is 0.231 e. The lowest BCUT2D eigenvalue weighted by molar-refractivity contribution is 0.332. The van der Waals surface area contributed by atoms with Crippen molar-refractivity contribution in [3.05, 3.63) is 11.7 Å². The standard InChI is InChI=1S/C14H23N3OS2/c1-8-9(2)20-12(7-19-8)13-16-14(18-17-13)10-5-4-6-11(10)15-3/h8-12,15H,4-7H2,1-3H3. The summed E-state index contributed by atoms with van der Waals surface area (Å²) in [6.45, 7) is 4.60. The summed E-state index contributed by atoms with van der Waals surface area (Å²) in [6.07, 6.45) is 3.62. The van der Waals surface area contributed by atoms with Gasteiger partial charge in [-0.2, -0.15) is 16.7 Å². The maximum Gasteiger partial charge on any atom is 0.231 e. The number of rotatable bonds is 3. The molecule has 2 fully saturated rings. The lowest BCUT2D eigenvalue weighted by atomic mass is 10.0. The van der Waals surface area contributed by atoms with Crippen molar-refractivity contribution in [2.24, 2.45) is 0 Å². The van der Waals surface area contributed by atoms with Crippen LogP contribution in [0.25, 0.3) is 0 Å². The van der Waals surface area contributed by atoms with Gasteiger partial charge in [0.2, 0.25) is 5.89 Å². The van der Waals surface area contributed by atoms with Crippen LogP contribution in [0.3, 0.4) is 0 Å². The van der Waals surface area contributed by atoms with Crippen molar-refractivity contribution < 1.29 is 4.52 Å². The molecule has 4 nitrogen and oxygen atoms in total. The summed E-state index contributed by atoms with van der Waals surface area (Å²) in [5.74, 6) is 3.24. The van der Waals surface area contributed by atoms with E-state index in [0.29, 0.717) is 27.7 Å². The number of hydrogen-bond acceptors (Lipinski definition) is 6. The Morgan fingerprint density at radius 1 is 1.25 bits per heavy atom. The fourth-order valence-electron chi connectivity index (χ4n) is 3.05. The molecule has 1 aromatic rings. The zero-order valence-electron chi connectivity index (χ0n) is 12.3. The van der Waals surface area contributed by atoms with Gasteiger partial charge in [0.1, 0.15) is 0 Å². The average Bonchev–Trinajstić information content (AvgIpc) is 3.09. The lowest BCUT2D eigenvalue weighted by Crippen LogP contribution is -2.27. The number of nitrogens with zero attached hydrogens (tertiary/aromatic N) is 2. The van der Waals surface area contributed by atoms with Crippen molar-refractivity contribution >= 4 is 23.5 Å². The fourth-order valence-corrected chi connectivity index (χ4v) is 5.88. The van der Waals surface area contributed by atoms with Crippen LogP contribution in [0.5, 0.6) is 0 Å². The van der Waals surface area contributed by atoms with E-state index in [0.717, 1.165) is 23.9 Å². The third-order valence-corrected chi connectivity index (χ3v) is 7.89. The fraction of sp³-hybridized carbons (Fsp3) is 0.857. The number of aromatic nitrogens is 2. The molecule has 1 aliphatic carbocycles. The summed E-state index contributed by atoms with van der Waals surface area (Å²) in [4.78, 5) is 4.72. The second-order valence-corrected chi connectivity index (χ2v) is 8.79. The van der Waals surface area contributed by atoms with E-state index >= 15 is 0 Å².